The lowest BCUT2D eigenvalue weighted by molar-refractivity contribution is 0.405. The molecule has 0 aliphatic carbocycles. The van der Waals surface area contributed by atoms with Crippen LogP contribution in [0.1, 0.15) is 18.2 Å². The summed E-state index contributed by atoms with van der Waals surface area (Å²) in [5, 5.41) is 7.24. The van der Waals surface area contributed by atoms with Crippen LogP contribution in [0.25, 0.3) is 11.7 Å². The van der Waals surface area contributed by atoms with E-state index in [0.717, 1.165) is 25.3 Å². The topological polar surface area (TPSA) is 64.1 Å². The molecular formula is C10H11N3O2. The highest BCUT2D eigenvalue weighted by atomic mass is 16.5. The van der Waals surface area contributed by atoms with Gasteiger partial charge in [-0.25, -0.2) is 0 Å². The van der Waals surface area contributed by atoms with Crippen LogP contribution in [0.2, 0.25) is 0 Å². The second kappa shape index (κ2) is 3.51. The molecule has 1 atom stereocenters. The number of hydrogen-bond donors (Lipinski definition) is 1. The second-order valence-corrected chi connectivity index (χ2v) is 3.62. The maximum absolute atomic E-state index is 5.18. The van der Waals surface area contributed by atoms with Crippen molar-refractivity contribution in [2.75, 3.05) is 13.1 Å². The Morgan fingerprint density at radius 2 is 2.47 bits per heavy atom. The van der Waals surface area contributed by atoms with Crippen LogP contribution in [0.15, 0.2) is 27.3 Å². The molecule has 15 heavy (non-hydrogen) atoms. The molecule has 1 fully saturated rings. The minimum atomic E-state index is 0.373. The van der Waals surface area contributed by atoms with Crippen LogP contribution in [-0.4, -0.2) is 23.2 Å². The molecule has 0 bridgehead atoms. The molecule has 2 aromatic rings. The summed E-state index contributed by atoms with van der Waals surface area (Å²) in [6.07, 6.45) is 2.66. The molecule has 3 heterocycles. The summed E-state index contributed by atoms with van der Waals surface area (Å²) >= 11 is 0. The Kier molecular flexibility index (Phi) is 2.03. The Morgan fingerprint density at radius 1 is 1.47 bits per heavy atom. The third kappa shape index (κ3) is 1.55. The molecule has 1 aliphatic heterocycles. The third-order valence-electron chi connectivity index (χ3n) is 2.60. The first kappa shape index (κ1) is 8.67. The summed E-state index contributed by atoms with van der Waals surface area (Å²) in [4.78, 5) is 4.32. The molecule has 0 unspecified atom stereocenters. The van der Waals surface area contributed by atoms with Crippen LogP contribution in [0.3, 0.4) is 0 Å². The smallest absolute Gasteiger partial charge is 0.293 e. The maximum Gasteiger partial charge on any atom is 0.293 e. The van der Waals surface area contributed by atoms with Gasteiger partial charge in [-0.2, -0.15) is 4.98 Å². The number of hydrogen-bond acceptors (Lipinski definition) is 5. The van der Waals surface area contributed by atoms with Crippen molar-refractivity contribution in [2.24, 2.45) is 0 Å². The first-order chi connectivity index (χ1) is 7.43. The summed E-state index contributed by atoms with van der Waals surface area (Å²) in [6, 6.07) is 3.61. The van der Waals surface area contributed by atoms with E-state index in [1.807, 2.05) is 6.07 Å². The minimum Gasteiger partial charge on any atom is -0.459 e. The molecule has 0 aromatic carbocycles. The fraction of sp³-hybridized carbons (Fsp3) is 0.400. The van der Waals surface area contributed by atoms with Crippen molar-refractivity contribution in [3.63, 3.8) is 0 Å². The van der Waals surface area contributed by atoms with Gasteiger partial charge in [-0.3, -0.25) is 0 Å². The average Bonchev–Trinajstić information content (AvgIpc) is 3.02. The van der Waals surface area contributed by atoms with Gasteiger partial charge >= 0.3 is 0 Å². The van der Waals surface area contributed by atoms with Gasteiger partial charge in [0.1, 0.15) is 0 Å². The molecule has 1 N–H and O–H groups in total. The van der Waals surface area contributed by atoms with Gasteiger partial charge in [0.15, 0.2) is 11.6 Å². The molecule has 1 saturated heterocycles. The summed E-state index contributed by atoms with van der Waals surface area (Å²) in [5.74, 6) is 2.23. The third-order valence-corrected chi connectivity index (χ3v) is 2.60. The van der Waals surface area contributed by atoms with E-state index >= 15 is 0 Å². The van der Waals surface area contributed by atoms with Crippen LogP contribution < -0.4 is 5.32 Å². The highest BCUT2D eigenvalue weighted by Gasteiger charge is 2.22. The molecule has 2 aromatic heterocycles. The summed E-state index contributed by atoms with van der Waals surface area (Å²) < 4.78 is 10.3. The van der Waals surface area contributed by atoms with Crippen molar-refractivity contribution in [1.82, 2.24) is 15.5 Å². The van der Waals surface area contributed by atoms with Crippen molar-refractivity contribution >= 4 is 0 Å². The lowest BCUT2D eigenvalue weighted by Gasteiger charge is -1.98. The zero-order valence-electron chi connectivity index (χ0n) is 8.14. The van der Waals surface area contributed by atoms with Crippen LogP contribution >= 0.6 is 0 Å². The molecule has 5 nitrogen and oxygen atoms in total. The Balaban J connectivity index is 1.87. The Bertz CT molecular complexity index is 429. The van der Waals surface area contributed by atoms with Crippen LogP contribution in [0.5, 0.6) is 0 Å². The standard InChI is InChI=1S/C10H11N3O2/c1-2-8(14-5-1)10-12-9(13-15-10)7-3-4-11-6-7/h1-2,5,7,11H,3-4,6H2/t7-/m1/s1. The summed E-state index contributed by atoms with van der Waals surface area (Å²) in [7, 11) is 0. The Morgan fingerprint density at radius 3 is 3.20 bits per heavy atom. The minimum absolute atomic E-state index is 0.373. The van der Waals surface area contributed by atoms with E-state index < -0.39 is 0 Å². The van der Waals surface area contributed by atoms with Gasteiger partial charge in [-0.15, -0.1) is 0 Å². The van der Waals surface area contributed by atoms with Gasteiger partial charge < -0.3 is 14.3 Å². The maximum atomic E-state index is 5.18. The average molecular weight is 205 g/mol. The molecule has 1 aliphatic rings. The lowest BCUT2D eigenvalue weighted by Crippen LogP contribution is -2.08. The molecule has 0 radical (unpaired) electrons. The molecule has 5 heteroatoms. The van der Waals surface area contributed by atoms with Crippen LogP contribution in [-0.2, 0) is 0 Å². The van der Waals surface area contributed by atoms with E-state index in [4.69, 9.17) is 8.94 Å². The zero-order chi connectivity index (χ0) is 10.1. The highest BCUT2D eigenvalue weighted by Crippen LogP contribution is 2.23. The monoisotopic (exact) mass is 205 g/mol. The van der Waals surface area contributed by atoms with Crippen molar-refractivity contribution in [3.8, 4) is 11.7 Å². The normalized spacial score (nSPS) is 20.9. The van der Waals surface area contributed by atoms with E-state index in [-0.39, 0.29) is 0 Å². The molecule has 78 valence electrons. The largest absolute Gasteiger partial charge is 0.459 e. The molecule has 3 rings (SSSR count). The number of nitrogens with one attached hydrogen (secondary N) is 1. The lowest BCUT2D eigenvalue weighted by atomic mass is 10.1. The van der Waals surface area contributed by atoms with Crippen molar-refractivity contribution in [2.45, 2.75) is 12.3 Å². The Labute approximate surface area is 86.5 Å². The molecular weight excluding hydrogens is 194 g/mol. The van der Waals surface area contributed by atoms with Crippen LogP contribution in [0, 0.1) is 0 Å². The fourth-order valence-corrected chi connectivity index (χ4v) is 1.78. The van der Waals surface area contributed by atoms with Gasteiger partial charge in [-0.1, -0.05) is 5.16 Å². The fourth-order valence-electron chi connectivity index (χ4n) is 1.78. The summed E-state index contributed by atoms with van der Waals surface area (Å²) in [5.41, 5.74) is 0. The second-order valence-electron chi connectivity index (χ2n) is 3.62. The number of furan rings is 1. The molecule has 0 amide bonds. The Hall–Kier alpha value is -1.62. The highest BCUT2D eigenvalue weighted by molar-refractivity contribution is 5.42. The van der Waals surface area contributed by atoms with Gasteiger partial charge in [0, 0.05) is 12.5 Å². The van der Waals surface area contributed by atoms with Gasteiger partial charge in [0.2, 0.25) is 0 Å². The first-order valence-corrected chi connectivity index (χ1v) is 5.01. The van der Waals surface area contributed by atoms with Crippen molar-refractivity contribution in [3.05, 3.63) is 24.2 Å². The van der Waals surface area contributed by atoms with E-state index in [0.29, 0.717) is 17.6 Å². The van der Waals surface area contributed by atoms with Crippen molar-refractivity contribution < 1.29 is 8.94 Å². The van der Waals surface area contributed by atoms with E-state index in [9.17, 15) is 0 Å². The predicted octanol–water partition coefficient (Wildman–Crippen LogP) is 1.41. The zero-order valence-corrected chi connectivity index (χ0v) is 8.14. The first-order valence-electron chi connectivity index (χ1n) is 5.01. The molecule has 0 saturated carbocycles. The van der Waals surface area contributed by atoms with Crippen LogP contribution in [0.4, 0.5) is 0 Å². The summed E-state index contributed by atoms with van der Waals surface area (Å²) in [6.45, 7) is 1.95. The SMILES string of the molecule is c1coc(-c2nc([C@@H]3CCNC3)no2)c1. The number of nitrogens with zero attached hydrogens (tertiary/aromatic N) is 2. The van der Waals surface area contributed by atoms with E-state index in [1.165, 1.54) is 0 Å². The van der Waals surface area contributed by atoms with Gasteiger partial charge in [0.25, 0.3) is 5.89 Å². The van der Waals surface area contributed by atoms with Gasteiger partial charge in [-0.05, 0) is 25.1 Å². The van der Waals surface area contributed by atoms with Crippen molar-refractivity contribution in [1.29, 1.82) is 0 Å². The van der Waals surface area contributed by atoms with Gasteiger partial charge in [0.05, 0.1) is 6.26 Å². The molecule has 0 spiro atoms. The van der Waals surface area contributed by atoms with E-state index in [2.05, 4.69) is 15.5 Å². The quantitative estimate of drug-likeness (QED) is 0.802. The van der Waals surface area contributed by atoms with E-state index in [1.54, 1.807) is 12.3 Å². The number of rotatable bonds is 2. The predicted molar refractivity (Wildman–Crippen MR) is 52.2 cm³/mol. The number of aromatic nitrogens is 2.